The molecule has 1 aliphatic rings. The molecule has 1 saturated heterocycles. The van der Waals surface area contributed by atoms with Crippen molar-refractivity contribution in [2.75, 3.05) is 13.1 Å². The van der Waals surface area contributed by atoms with Gasteiger partial charge in [0.25, 0.3) is 5.91 Å². The van der Waals surface area contributed by atoms with Gasteiger partial charge in [-0.3, -0.25) is 4.79 Å². The van der Waals surface area contributed by atoms with Crippen LogP contribution in [0.2, 0.25) is 0 Å². The number of hydrogen-bond acceptors (Lipinski definition) is 3. The van der Waals surface area contributed by atoms with Crippen molar-refractivity contribution in [2.45, 2.75) is 12.5 Å². The highest BCUT2D eigenvalue weighted by molar-refractivity contribution is 9.10. The molecule has 5 heteroatoms. The quantitative estimate of drug-likeness (QED) is 0.824. The van der Waals surface area contributed by atoms with E-state index in [1.165, 1.54) is 6.26 Å². The fourth-order valence-corrected chi connectivity index (χ4v) is 1.93. The van der Waals surface area contributed by atoms with Crippen LogP contribution in [0.4, 0.5) is 0 Å². The number of likely N-dealkylation sites (tertiary alicyclic amines) is 1. The maximum absolute atomic E-state index is 11.8. The smallest absolute Gasteiger partial charge is 0.290 e. The number of halogens is 1. The van der Waals surface area contributed by atoms with Crippen molar-refractivity contribution < 1.29 is 9.21 Å². The van der Waals surface area contributed by atoms with E-state index >= 15 is 0 Å². The summed E-state index contributed by atoms with van der Waals surface area (Å²) < 4.78 is 5.79. The van der Waals surface area contributed by atoms with Crippen molar-refractivity contribution in [2.24, 2.45) is 5.73 Å². The molecule has 2 rings (SSSR count). The third-order valence-corrected chi connectivity index (χ3v) is 2.95. The highest BCUT2D eigenvalue weighted by Gasteiger charge is 2.27. The molecular weight excluding hydrogens is 248 g/mol. The lowest BCUT2D eigenvalue weighted by molar-refractivity contribution is 0.0758. The van der Waals surface area contributed by atoms with E-state index in [4.69, 9.17) is 10.2 Å². The third kappa shape index (κ3) is 1.69. The summed E-state index contributed by atoms with van der Waals surface area (Å²) in [5.41, 5.74) is 5.72. The first-order valence-corrected chi connectivity index (χ1v) is 5.25. The molecule has 0 saturated carbocycles. The van der Waals surface area contributed by atoms with Crippen LogP contribution in [0.1, 0.15) is 17.0 Å². The molecule has 2 heterocycles. The van der Waals surface area contributed by atoms with Gasteiger partial charge in [-0.2, -0.15) is 0 Å². The second-order valence-corrected chi connectivity index (χ2v) is 4.25. The van der Waals surface area contributed by atoms with Crippen LogP contribution >= 0.6 is 15.9 Å². The first kappa shape index (κ1) is 9.73. The lowest BCUT2D eigenvalue weighted by Crippen LogP contribution is -2.31. The van der Waals surface area contributed by atoms with Gasteiger partial charge in [-0.05, 0) is 28.4 Å². The molecule has 0 aliphatic carbocycles. The zero-order chi connectivity index (χ0) is 10.1. The fourth-order valence-electron chi connectivity index (χ4n) is 1.56. The molecule has 4 nitrogen and oxygen atoms in total. The third-order valence-electron chi connectivity index (χ3n) is 2.32. The Morgan fingerprint density at radius 2 is 2.50 bits per heavy atom. The summed E-state index contributed by atoms with van der Waals surface area (Å²) in [4.78, 5) is 13.5. The van der Waals surface area contributed by atoms with Gasteiger partial charge in [-0.1, -0.05) is 0 Å². The van der Waals surface area contributed by atoms with Gasteiger partial charge in [0, 0.05) is 19.1 Å². The lowest BCUT2D eigenvalue weighted by Gasteiger charge is -2.13. The zero-order valence-electron chi connectivity index (χ0n) is 7.57. The minimum Gasteiger partial charge on any atom is -0.458 e. The monoisotopic (exact) mass is 258 g/mol. The van der Waals surface area contributed by atoms with Crippen molar-refractivity contribution >= 4 is 21.8 Å². The maximum atomic E-state index is 11.8. The Kier molecular flexibility index (Phi) is 2.60. The molecule has 1 aromatic heterocycles. The zero-order valence-corrected chi connectivity index (χ0v) is 9.16. The number of rotatable bonds is 1. The molecule has 0 aromatic carbocycles. The summed E-state index contributed by atoms with van der Waals surface area (Å²) in [6.07, 6.45) is 2.36. The minimum atomic E-state index is -0.0881. The predicted molar refractivity (Wildman–Crippen MR) is 54.9 cm³/mol. The Balaban J connectivity index is 2.13. The van der Waals surface area contributed by atoms with Crippen molar-refractivity contribution in [1.29, 1.82) is 0 Å². The van der Waals surface area contributed by atoms with Crippen molar-refractivity contribution in [3.05, 3.63) is 22.6 Å². The van der Waals surface area contributed by atoms with Gasteiger partial charge in [-0.15, -0.1) is 0 Å². The molecule has 0 bridgehead atoms. The first-order chi connectivity index (χ1) is 6.68. The minimum absolute atomic E-state index is 0.0881. The van der Waals surface area contributed by atoms with Crippen molar-refractivity contribution in [1.82, 2.24) is 4.90 Å². The molecule has 1 unspecified atom stereocenters. The van der Waals surface area contributed by atoms with Gasteiger partial charge in [-0.25, -0.2) is 0 Å². The summed E-state index contributed by atoms with van der Waals surface area (Å²) in [5, 5.41) is 0. The van der Waals surface area contributed by atoms with E-state index in [1.54, 1.807) is 11.0 Å². The van der Waals surface area contributed by atoms with Gasteiger partial charge < -0.3 is 15.1 Å². The van der Waals surface area contributed by atoms with E-state index in [2.05, 4.69) is 15.9 Å². The molecular formula is C9H11BrN2O2. The van der Waals surface area contributed by atoms with E-state index < -0.39 is 0 Å². The summed E-state index contributed by atoms with van der Waals surface area (Å²) in [6, 6.07) is 1.82. The van der Waals surface area contributed by atoms with E-state index in [0.29, 0.717) is 23.3 Å². The van der Waals surface area contributed by atoms with Gasteiger partial charge >= 0.3 is 0 Å². The molecule has 14 heavy (non-hydrogen) atoms. The number of carbonyl (C=O) groups is 1. The summed E-state index contributed by atoms with van der Waals surface area (Å²) in [5.74, 6) is 0.272. The molecule has 1 fully saturated rings. The van der Waals surface area contributed by atoms with Gasteiger partial charge in [0.05, 0.1) is 10.7 Å². The highest BCUT2D eigenvalue weighted by Crippen LogP contribution is 2.21. The Hall–Kier alpha value is -0.810. The Morgan fingerprint density at radius 1 is 1.71 bits per heavy atom. The van der Waals surface area contributed by atoms with E-state index in [9.17, 15) is 4.79 Å². The molecule has 1 amide bonds. The summed E-state index contributed by atoms with van der Waals surface area (Å²) in [7, 11) is 0. The van der Waals surface area contributed by atoms with Crippen LogP contribution in [0.5, 0.6) is 0 Å². The van der Waals surface area contributed by atoms with Gasteiger partial charge in [0.2, 0.25) is 5.76 Å². The van der Waals surface area contributed by atoms with E-state index in [1.807, 2.05) is 0 Å². The van der Waals surface area contributed by atoms with Crippen LogP contribution in [0.15, 0.2) is 21.2 Å². The number of amides is 1. The Labute approximate surface area is 90.2 Å². The van der Waals surface area contributed by atoms with Crippen LogP contribution in [0.25, 0.3) is 0 Å². The molecule has 2 N–H and O–H groups in total. The maximum Gasteiger partial charge on any atom is 0.290 e. The number of carbonyl (C=O) groups excluding carboxylic acids is 1. The van der Waals surface area contributed by atoms with Crippen molar-refractivity contribution in [3.8, 4) is 0 Å². The van der Waals surface area contributed by atoms with Gasteiger partial charge in [0.1, 0.15) is 0 Å². The normalized spacial score (nSPS) is 21.6. The van der Waals surface area contributed by atoms with Gasteiger partial charge in [0.15, 0.2) is 0 Å². The highest BCUT2D eigenvalue weighted by atomic mass is 79.9. The second-order valence-electron chi connectivity index (χ2n) is 3.40. The molecule has 1 aliphatic heterocycles. The average molecular weight is 259 g/mol. The molecule has 0 spiro atoms. The molecule has 1 atom stereocenters. The van der Waals surface area contributed by atoms with E-state index in [0.717, 1.165) is 6.42 Å². The Morgan fingerprint density at radius 3 is 3.00 bits per heavy atom. The SMILES string of the molecule is NC1CCN(C(=O)c2occc2Br)C1. The molecule has 0 radical (unpaired) electrons. The topological polar surface area (TPSA) is 59.5 Å². The number of furan rings is 1. The standard InChI is InChI=1S/C9H11BrN2O2/c10-7-2-4-14-8(7)9(13)12-3-1-6(11)5-12/h2,4,6H,1,3,5,11H2. The molecule has 1 aromatic rings. The van der Waals surface area contributed by atoms with Crippen LogP contribution in [-0.2, 0) is 0 Å². The number of hydrogen-bond donors (Lipinski definition) is 1. The lowest BCUT2D eigenvalue weighted by atomic mass is 10.3. The second kappa shape index (κ2) is 3.74. The number of nitrogens with two attached hydrogens (primary N) is 1. The van der Waals surface area contributed by atoms with Crippen molar-refractivity contribution in [3.63, 3.8) is 0 Å². The van der Waals surface area contributed by atoms with Crippen LogP contribution in [0, 0.1) is 0 Å². The largest absolute Gasteiger partial charge is 0.458 e. The Bertz CT molecular complexity index is 350. The molecule has 76 valence electrons. The fraction of sp³-hybridized carbons (Fsp3) is 0.444. The summed E-state index contributed by atoms with van der Waals surface area (Å²) in [6.45, 7) is 1.33. The average Bonchev–Trinajstić information content (AvgIpc) is 2.73. The van der Waals surface area contributed by atoms with Crippen LogP contribution < -0.4 is 5.73 Å². The van der Waals surface area contributed by atoms with Crippen LogP contribution in [0.3, 0.4) is 0 Å². The predicted octanol–water partition coefficient (Wildman–Crippen LogP) is 1.22. The van der Waals surface area contributed by atoms with Crippen LogP contribution in [-0.4, -0.2) is 29.9 Å². The van der Waals surface area contributed by atoms with E-state index in [-0.39, 0.29) is 11.9 Å². The summed E-state index contributed by atoms with van der Waals surface area (Å²) >= 11 is 3.26. The first-order valence-electron chi connectivity index (χ1n) is 4.46. The number of nitrogens with zero attached hydrogens (tertiary/aromatic N) is 1.